The smallest absolute Gasteiger partial charge is 0.259 e. The van der Waals surface area contributed by atoms with Gasteiger partial charge in [-0.1, -0.05) is 64.1 Å². The number of fused-ring (bicyclic) bond motifs is 2. The van der Waals surface area contributed by atoms with Gasteiger partial charge < -0.3 is 30.5 Å². The van der Waals surface area contributed by atoms with Crippen LogP contribution >= 0.6 is 0 Å². The van der Waals surface area contributed by atoms with Gasteiger partial charge in [-0.2, -0.15) is 0 Å². The number of nitrogens with zero attached hydrogens (tertiary/aromatic N) is 1. The molecule has 7 atom stereocenters. The van der Waals surface area contributed by atoms with E-state index in [2.05, 4.69) is 21.4 Å². The van der Waals surface area contributed by atoms with Crippen LogP contribution < -0.4 is 21.4 Å². The number of hydrazine groups is 1. The Hall–Kier alpha value is -3.74. The fourth-order valence-corrected chi connectivity index (χ4v) is 5.95. The van der Waals surface area contributed by atoms with Gasteiger partial charge in [0.05, 0.1) is 18.1 Å². The Balaban J connectivity index is 1.95. The summed E-state index contributed by atoms with van der Waals surface area (Å²) in [5.41, 5.74) is 3.69. The average molecular weight is 642 g/mol. The van der Waals surface area contributed by atoms with Crippen LogP contribution in [0.3, 0.4) is 0 Å². The van der Waals surface area contributed by atoms with Crippen LogP contribution in [0.25, 0.3) is 0 Å². The van der Waals surface area contributed by atoms with Gasteiger partial charge in [-0.25, -0.2) is 5.43 Å². The van der Waals surface area contributed by atoms with E-state index in [-0.39, 0.29) is 41.9 Å². The lowest BCUT2D eigenvalue weighted by atomic mass is 9.87. The summed E-state index contributed by atoms with van der Waals surface area (Å²) in [6.07, 6.45) is 8.55. The molecule has 2 bridgehead atoms. The molecule has 0 saturated carbocycles. The number of hydrogen-bond donors (Lipinski definition) is 5. The molecule has 4 amide bonds. The van der Waals surface area contributed by atoms with E-state index in [0.29, 0.717) is 37.9 Å². The van der Waals surface area contributed by atoms with E-state index in [1.807, 2.05) is 45.1 Å². The van der Waals surface area contributed by atoms with Crippen LogP contribution in [0.5, 0.6) is 5.75 Å². The van der Waals surface area contributed by atoms with Crippen molar-refractivity contribution in [3.05, 3.63) is 54.1 Å². The number of phenols is 1. The fourth-order valence-electron chi connectivity index (χ4n) is 5.95. The van der Waals surface area contributed by atoms with Gasteiger partial charge in [-0.15, -0.1) is 0 Å². The molecule has 1 aromatic rings. The van der Waals surface area contributed by atoms with Crippen molar-refractivity contribution in [3.8, 4) is 5.75 Å². The standard InChI is InChI=1S/C34H51N5O7/c1-21(2)29-33(43)36-27(20-24-13-11-14-25(40)19-24)34(44)39-18-12-15-26(38-39)32(42)35-17-10-8-7-9-16-28(45-5)22(3)30(46-6)23(4)31(41)37-29/h7-9,11,13-14,16,19,21-23,26-30,38,40H,10,12,15,17-18,20H2,1-6H3,(H,35,42)(H,36,43)(H,37,41)/b8-7+,16-9+/t22-,23+,26-,27-,28-,29-,30+/m0/s1. The van der Waals surface area contributed by atoms with Gasteiger partial charge in [0.25, 0.3) is 5.91 Å². The maximum Gasteiger partial charge on any atom is 0.259 e. The van der Waals surface area contributed by atoms with Gasteiger partial charge >= 0.3 is 0 Å². The molecule has 0 radical (unpaired) electrons. The SMILES string of the molecule is CO[C@@H]1[C@@H](C)[C@@H](OC)/C=C/C=C/CCNC(=O)[C@@H]2CCCN(N2)C(=O)[C@H](Cc2cccc(O)c2)NC(=O)[C@H](C(C)C)NC(=O)[C@@H]1C. The minimum Gasteiger partial charge on any atom is -0.508 e. The second-order valence-electron chi connectivity index (χ2n) is 12.4. The van der Waals surface area contributed by atoms with Gasteiger partial charge in [0, 0.05) is 39.6 Å². The number of nitrogens with one attached hydrogen (secondary N) is 4. The van der Waals surface area contributed by atoms with Gasteiger partial charge in [-0.3, -0.25) is 24.2 Å². The lowest BCUT2D eigenvalue weighted by molar-refractivity contribution is -0.144. The van der Waals surface area contributed by atoms with Crippen LogP contribution in [0, 0.1) is 17.8 Å². The molecular weight excluding hydrogens is 590 g/mol. The van der Waals surface area contributed by atoms with E-state index >= 15 is 0 Å². The molecule has 3 rings (SSSR count). The zero-order chi connectivity index (χ0) is 33.8. The molecule has 1 aromatic carbocycles. The monoisotopic (exact) mass is 641 g/mol. The first-order valence-electron chi connectivity index (χ1n) is 16.1. The number of rotatable bonds is 5. The molecule has 0 unspecified atom stereocenters. The van der Waals surface area contributed by atoms with E-state index in [0.717, 1.165) is 0 Å². The second-order valence-corrected chi connectivity index (χ2v) is 12.4. The van der Waals surface area contributed by atoms with Crippen molar-refractivity contribution in [3.63, 3.8) is 0 Å². The quantitative estimate of drug-likeness (QED) is 0.327. The highest BCUT2D eigenvalue weighted by Gasteiger charge is 2.37. The number of benzene rings is 1. The highest BCUT2D eigenvalue weighted by molar-refractivity contribution is 5.93. The Morgan fingerprint density at radius 3 is 2.43 bits per heavy atom. The highest BCUT2D eigenvalue weighted by Crippen LogP contribution is 2.23. The lowest BCUT2D eigenvalue weighted by Gasteiger charge is -2.36. The van der Waals surface area contributed by atoms with Crippen LogP contribution in [0.1, 0.15) is 52.5 Å². The molecule has 2 aliphatic heterocycles. The molecule has 12 nitrogen and oxygen atoms in total. The Bertz CT molecular complexity index is 1250. The third-order valence-corrected chi connectivity index (χ3v) is 8.63. The van der Waals surface area contributed by atoms with Crippen molar-refractivity contribution < 1.29 is 33.8 Å². The number of phenolic OH excluding ortho intramolecular Hbond substituents is 1. The topological polar surface area (TPSA) is 158 Å². The van der Waals surface area contributed by atoms with Gasteiger partial charge in [0.1, 0.15) is 23.9 Å². The Kier molecular flexibility index (Phi) is 14.2. The van der Waals surface area contributed by atoms with E-state index in [9.17, 15) is 24.3 Å². The first-order valence-corrected chi connectivity index (χ1v) is 16.1. The van der Waals surface area contributed by atoms with Crippen molar-refractivity contribution in [1.82, 2.24) is 26.4 Å². The molecular formula is C34H51N5O7. The number of allylic oxidation sites excluding steroid dienone is 2. The van der Waals surface area contributed by atoms with E-state index in [4.69, 9.17) is 9.47 Å². The molecule has 2 heterocycles. The number of hydrogen-bond acceptors (Lipinski definition) is 8. The third-order valence-electron chi connectivity index (χ3n) is 8.63. The summed E-state index contributed by atoms with van der Waals surface area (Å²) in [7, 11) is 3.14. The number of amides is 4. The molecule has 0 spiro atoms. The van der Waals surface area contributed by atoms with Crippen LogP contribution in [0.4, 0.5) is 0 Å². The van der Waals surface area contributed by atoms with Crippen LogP contribution in [-0.4, -0.2) is 91.4 Å². The van der Waals surface area contributed by atoms with E-state index in [1.165, 1.54) is 17.1 Å². The number of ether oxygens (including phenoxy) is 2. The lowest BCUT2D eigenvalue weighted by Crippen LogP contribution is -2.63. The zero-order valence-electron chi connectivity index (χ0n) is 27.8. The summed E-state index contributed by atoms with van der Waals surface area (Å²) in [6, 6.07) is 3.88. The van der Waals surface area contributed by atoms with Gasteiger partial charge in [0.2, 0.25) is 17.7 Å². The summed E-state index contributed by atoms with van der Waals surface area (Å²) in [5.74, 6) is -2.64. The maximum absolute atomic E-state index is 13.9. The summed E-state index contributed by atoms with van der Waals surface area (Å²) in [6.45, 7) is 8.10. The van der Waals surface area contributed by atoms with Gasteiger partial charge in [-0.05, 0) is 42.9 Å². The van der Waals surface area contributed by atoms with E-state index < -0.39 is 42.0 Å². The number of aromatic hydroxyl groups is 1. The molecule has 1 fully saturated rings. The van der Waals surface area contributed by atoms with Crippen molar-refractivity contribution in [2.75, 3.05) is 27.3 Å². The van der Waals surface area contributed by atoms with Crippen molar-refractivity contribution in [2.24, 2.45) is 17.8 Å². The first-order chi connectivity index (χ1) is 22.0. The second kappa shape index (κ2) is 17.8. The van der Waals surface area contributed by atoms with Crippen LogP contribution in [0.2, 0.25) is 0 Å². The molecule has 2 aliphatic rings. The predicted molar refractivity (Wildman–Crippen MR) is 174 cm³/mol. The van der Waals surface area contributed by atoms with Crippen molar-refractivity contribution in [1.29, 1.82) is 0 Å². The zero-order valence-corrected chi connectivity index (χ0v) is 27.8. The predicted octanol–water partition coefficient (Wildman–Crippen LogP) is 1.99. The molecule has 0 aliphatic carbocycles. The first kappa shape index (κ1) is 36.7. The number of carbonyl (C=O) groups is 4. The van der Waals surface area contributed by atoms with E-state index in [1.54, 1.807) is 33.3 Å². The van der Waals surface area contributed by atoms with Crippen LogP contribution in [0.15, 0.2) is 48.6 Å². The molecule has 46 heavy (non-hydrogen) atoms. The minimum absolute atomic E-state index is 0.0341. The largest absolute Gasteiger partial charge is 0.508 e. The van der Waals surface area contributed by atoms with Crippen molar-refractivity contribution in [2.45, 2.75) is 83.7 Å². The summed E-state index contributed by atoms with van der Waals surface area (Å²) in [4.78, 5) is 54.3. The number of methoxy groups -OCH3 is 2. The average Bonchev–Trinajstić information content (AvgIpc) is 3.03. The molecule has 12 heteroatoms. The highest BCUT2D eigenvalue weighted by atomic mass is 16.5. The molecule has 5 N–H and O–H groups in total. The number of carbonyl (C=O) groups excluding carboxylic acids is 4. The maximum atomic E-state index is 13.9. The summed E-state index contributed by atoms with van der Waals surface area (Å²) >= 11 is 0. The fraction of sp³-hybridized carbons (Fsp3) is 0.588. The Morgan fingerprint density at radius 1 is 1.00 bits per heavy atom. The molecule has 1 saturated heterocycles. The molecule has 254 valence electrons. The Labute approximate surface area is 272 Å². The minimum atomic E-state index is -1.04. The van der Waals surface area contributed by atoms with Gasteiger partial charge in [0.15, 0.2) is 0 Å². The third kappa shape index (κ3) is 10.1. The summed E-state index contributed by atoms with van der Waals surface area (Å²) in [5, 5.41) is 20.1. The van der Waals surface area contributed by atoms with Crippen LogP contribution in [-0.2, 0) is 35.1 Å². The normalized spacial score (nSPS) is 30.8. The Morgan fingerprint density at radius 2 is 1.76 bits per heavy atom. The summed E-state index contributed by atoms with van der Waals surface area (Å²) < 4.78 is 11.5. The molecule has 0 aromatic heterocycles. The van der Waals surface area contributed by atoms with Crippen molar-refractivity contribution >= 4 is 23.6 Å².